The first kappa shape index (κ1) is 12.2. The van der Waals surface area contributed by atoms with Crippen molar-refractivity contribution in [1.29, 1.82) is 0 Å². The molecule has 0 saturated heterocycles. The van der Waals surface area contributed by atoms with Crippen LogP contribution >= 0.6 is 0 Å². The third kappa shape index (κ3) is 2.07. The zero-order valence-electron chi connectivity index (χ0n) is 10.3. The van der Waals surface area contributed by atoms with E-state index in [2.05, 4.69) is 5.32 Å². The normalized spacial score (nSPS) is 15.9. The Morgan fingerprint density at radius 3 is 2.75 bits per heavy atom. The zero-order chi connectivity index (χ0) is 14.1. The number of hydrogen-bond donors (Lipinski definition) is 1. The molecule has 1 unspecified atom stereocenters. The van der Waals surface area contributed by atoms with Crippen molar-refractivity contribution < 1.29 is 14.5 Å². The van der Waals surface area contributed by atoms with Gasteiger partial charge in [0.15, 0.2) is 6.29 Å². The summed E-state index contributed by atoms with van der Waals surface area (Å²) in [5.74, 6) is 0.561. The first-order valence-electron chi connectivity index (χ1n) is 5.95. The van der Waals surface area contributed by atoms with Crippen LogP contribution < -0.4 is 10.1 Å². The molecule has 1 heterocycles. The minimum atomic E-state index is -0.676. The second-order valence-electron chi connectivity index (χ2n) is 4.34. The summed E-state index contributed by atoms with van der Waals surface area (Å²) < 4.78 is 5.38. The van der Waals surface area contributed by atoms with Crippen LogP contribution in [0.2, 0.25) is 0 Å². The largest absolute Gasteiger partial charge is 0.461 e. The van der Waals surface area contributed by atoms with Crippen LogP contribution in [0.5, 0.6) is 5.75 Å². The van der Waals surface area contributed by atoms with Gasteiger partial charge in [-0.25, -0.2) is 0 Å². The second kappa shape index (κ2) is 4.65. The van der Waals surface area contributed by atoms with E-state index in [1.165, 1.54) is 12.1 Å². The van der Waals surface area contributed by atoms with Crippen LogP contribution in [0.4, 0.5) is 11.4 Å². The Morgan fingerprint density at radius 2 is 2.00 bits per heavy atom. The third-order valence-electron chi connectivity index (χ3n) is 3.05. The van der Waals surface area contributed by atoms with Gasteiger partial charge in [-0.3, -0.25) is 14.9 Å². The van der Waals surface area contributed by atoms with Gasteiger partial charge in [-0.05, 0) is 23.3 Å². The molecule has 1 N–H and O–H groups in total. The molecule has 0 radical (unpaired) electrons. The van der Waals surface area contributed by atoms with Crippen molar-refractivity contribution in [2.45, 2.75) is 6.23 Å². The number of fused-ring (bicyclic) bond motifs is 1. The Hall–Kier alpha value is -2.89. The van der Waals surface area contributed by atoms with Crippen LogP contribution in [0.3, 0.4) is 0 Å². The standard InChI is InChI=1S/C14H10N2O4/c17-8-14-15-12-5-4-10(7-13(12)20-14)9-2-1-3-11(6-9)16(18)19/h1-8,14-15H. The summed E-state index contributed by atoms with van der Waals surface area (Å²) in [5.41, 5.74) is 2.28. The maximum absolute atomic E-state index is 10.8. The molecule has 6 heteroatoms. The topological polar surface area (TPSA) is 81.5 Å². The molecule has 2 aromatic carbocycles. The van der Waals surface area contributed by atoms with Gasteiger partial charge in [0, 0.05) is 12.1 Å². The van der Waals surface area contributed by atoms with Crippen molar-refractivity contribution in [2.75, 3.05) is 5.32 Å². The van der Waals surface area contributed by atoms with Gasteiger partial charge in [-0.2, -0.15) is 0 Å². The lowest BCUT2D eigenvalue weighted by Gasteiger charge is -2.04. The van der Waals surface area contributed by atoms with E-state index in [4.69, 9.17) is 4.74 Å². The number of hydrogen-bond acceptors (Lipinski definition) is 5. The Labute approximate surface area is 114 Å². The van der Waals surface area contributed by atoms with Gasteiger partial charge >= 0.3 is 0 Å². The fourth-order valence-electron chi connectivity index (χ4n) is 2.10. The van der Waals surface area contributed by atoms with E-state index < -0.39 is 11.2 Å². The maximum atomic E-state index is 10.8. The fourth-order valence-corrected chi connectivity index (χ4v) is 2.10. The molecule has 0 fully saturated rings. The van der Waals surface area contributed by atoms with Gasteiger partial charge in [-0.15, -0.1) is 0 Å². The molecular weight excluding hydrogens is 260 g/mol. The Kier molecular flexibility index (Phi) is 2.83. The second-order valence-corrected chi connectivity index (χ2v) is 4.34. The van der Waals surface area contributed by atoms with E-state index in [0.29, 0.717) is 12.0 Å². The van der Waals surface area contributed by atoms with Gasteiger partial charge in [0.1, 0.15) is 5.75 Å². The van der Waals surface area contributed by atoms with Crippen molar-refractivity contribution in [3.05, 3.63) is 52.6 Å². The molecule has 0 bridgehead atoms. The molecule has 0 amide bonds. The molecule has 2 aromatic rings. The van der Waals surface area contributed by atoms with Gasteiger partial charge in [0.05, 0.1) is 10.6 Å². The average molecular weight is 270 g/mol. The quantitative estimate of drug-likeness (QED) is 0.526. The first-order chi connectivity index (χ1) is 9.67. The van der Waals surface area contributed by atoms with Crippen LogP contribution in [0.15, 0.2) is 42.5 Å². The fraction of sp³-hybridized carbons (Fsp3) is 0.0714. The number of carbonyl (C=O) groups excluding carboxylic acids is 1. The SMILES string of the molecule is O=CC1Nc2ccc(-c3cccc([N+](=O)[O-])c3)cc2O1. The lowest BCUT2D eigenvalue weighted by Crippen LogP contribution is -2.20. The number of benzene rings is 2. The van der Waals surface area contributed by atoms with E-state index in [-0.39, 0.29) is 5.69 Å². The molecule has 0 aliphatic carbocycles. The van der Waals surface area contributed by atoms with E-state index in [0.717, 1.165) is 16.8 Å². The van der Waals surface area contributed by atoms with Crippen LogP contribution in [0.1, 0.15) is 0 Å². The summed E-state index contributed by atoms with van der Waals surface area (Å²) in [6.07, 6.45) is -0.00195. The summed E-state index contributed by atoms with van der Waals surface area (Å²) in [6, 6.07) is 11.7. The van der Waals surface area contributed by atoms with Gasteiger partial charge in [0.25, 0.3) is 5.69 Å². The minimum Gasteiger partial charge on any atom is -0.461 e. The molecule has 1 aliphatic rings. The van der Waals surface area contributed by atoms with Crippen molar-refractivity contribution in [3.8, 4) is 16.9 Å². The molecule has 0 aromatic heterocycles. The van der Waals surface area contributed by atoms with E-state index in [1.807, 2.05) is 6.07 Å². The Bertz CT molecular complexity index is 699. The molecule has 1 aliphatic heterocycles. The first-order valence-corrected chi connectivity index (χ1v) is 5.95. The van der Waals surface area contributed by atoms with Gasteiger partial charge in [0.2, 0.25) is 6.23 Å². The van der Waals surface area contributed by atoms with Crippen LogP contribution in [-0.4, -0.2) is 17.4 Å². The number of non-ortho nitro benzene ring substituents is 1. The van der Waals surface area contributed by atoms with E-state index >= 15 is 0 Å². The zero-order valence-corrected chi connectivity index (χ0v) is 10.3. The highest BCUT2D eigenvalue weighted by Crippen LogP contribution is 2.36. The summed E-state index contributed by atoms with van der Waals surface area (Å²) in [5, 5.41) is 13.7. The molecule has 0 saturated carbocycles. The van der Waals surface area contributed by atoms with E-state index in [9.17, 15) is 14.9 Å². The summed E-state index contributed by atoms with van der Waals surface area (Å²) >= 11 is 0. The highest BCUT2D eigenvalue weighted by molar-refractivity contribution is 5.76. The molecular formula is C14H10N2O4. The molecule has 3 rings (SSSR count). The smallest absolute Gasteiger partial charge is 0.270 e. The molecule has 100 valence electrons. The molecule has 1 atom stereocenters. The molecule has 6 nitrogen and oxygen atoms in total. The van der Waals surface area contributed by atoms with Gasteiger partial charge < -0.3 is 10.1 Å². The highest BCUT2D eigenvalue weighted by Gasteiger charge is 2.21. The lowest BCUT2D eigenvalue weighted by atomic mass is 10.0. The Balaban J connectivity index is 1.98. The number of ether oxygens (including phenoxy) is 1. The maximum Gasteiger partial charge on any atom is 0.270 e. The summed E-state index contributed by atoms with van der Waals surface area (Å²) in [6.45, 7) is 0. The summed E-state index contributed by atoms with van der Waals surface area (Å²) in [7, 11) is 0. The van der Waals surface area contributed by atoms with Crippen molar-refractivity contribution in [1.82, 2.24) is 0 Å². The number of nitrogens with one attached hydrogen (secondary N) is 1. The number of anilines is 1. The number of nitrogens with zero attached hydrogens (tertiary/aromatic N) is 1. The van der Waals surface area contributed by atoms with E-state index in [1.54, 1.807) is 24.3 Å². The van der Waals surface area contributed by atoms with Crippen LogP contribution in [0.25, 0.3) is 11.1 Å². The average Bonchev–Trinajstić information content (AvgIpc) is 2.89. The number of nitro groups is 1. The predicted octanol–water partition coefficient (Wildman–Crippen LogP) is 2.59. The van der Waals surface area contributed by atoms with Gasteiger partial charge in [-0.1, -0.05) is 18.2 Å². The molecule has 0 spiro atoms. The highest BCUT2D eigenvalue weighted by atomic mass is 16.6. The number of carbonyl (C=O) groups is 1. The van der Waals surface area contributed by atoms with Crippen LogP contribution in [0, 0.1) is 10.1 Å². The Morgan fingerprint density at radius 1 is 1.20 bits per heavy atom. The third-order valence-corrected chi connectivity index (χ3v) is 3.05. The van der Waals surface area contributed by atoms with Crippen molar-refractivity contribution in [2.24, 2.45) is 0 Å². The lowest BCUT2D eigenvalue weighted by molar-refractivity contribution is -0.384. The number of aldehydes is 1. The van der Waals surface area contributed by atoms with Crippen LogP contribution in [-0.2, 0) is 4.79 Å². The minimum absolute atomic E-state index is 0.0350. The monoisotopic (exact) mass is 270 g/mol. The predicted molar refractivity (Wildman–Crippen MR) is 72.6 cm³/mol. The van der Waals surface area contributed by atoms with Crippen molar-refractivity contribution >= 4 is 17.7 Å². The van der Waals surface area contributed by atoms with Crippen molar-refractivity contribution in [3.63, 3.8) is 0 Å². The number of rotatable bonds is 3. The molecule has 20 heavy (non-hydrogen) atoms. The summed E-state index contributed by atoms with van der Waals surface area (Å²) in [4.78, 5) is 21.0. The number of nitro benzene ring substituents is 1.